The van der Waals surface area contributed by atoms with Crippen molar-refractivity contribution >= 4 is 23.9 Å². The Hall–Kier alpha value is -2.40. The number of nitrogens with zero attached hydrogens (tertiary/aromatic N) is 4. The third-order valence-corrected chi connectivity index (χ3v) is 2.68. The van der Waals surface area contributed by atoms with Crippen molar-refractivity contribution in [1.82, 2.24) is 15.0 Å². The van der Waals surface area contributed by atoms with Gasteiger partial charge in [0.1, 0.15) is 6.61 Å². The molecule has 0 aromatic carbocycles. The highest BCUT2D eigenvalue weighted by molar-refractivity contribution is 5.64. The molecule has 0 aliphatic carbocycles. The zero-order valence-electron chi connectivity index (χ0n) is 11.4. The van der Waals surface area contributed by atoms with Crippen LogP contribution < -0.4 is 27.2 Å². The Bertz CT molecular complexity index is 479. The molecule has 11 nitrogen and oxygen atoms in total. The first-order chi connectivity index (χ1) is 10.2. The van der Waals surface area contributed by atoms with Gasteiger partial charge in [-0.2, -0.15) is 15.0 Å². The SMILES string of the molecule is NNc1nc(NCCOC(N)=O)nc(N2CCOCC2)n1. The molecule has 1 aliphatic heterocycles. The molecule has 11 heteroatoms. The Morgan fingerprint density at radius 1 is 1.29 bits per heavy atom. The molecule has 0 radical (unpaired) electrons. The summed E-state index contributed by atoms with van der Waals surface area (Å²) in [5, 5.41) is 2.91. The third-order valence-electron chi connectivity index (χ3n) is 2.68. The minimum atomic E-state index is -0.828. The van der Waals surface area contributed by atoms with Crippen molar-refractivity contribution in [2.45, 2.75) is 0 Å². The van der Waals surface area contributed by atoms with Crippen molar-refractivity contribution in [1.29, 1.82) is 0 Å². The summed E-state index contributed by atoms with van der Waals surface area (Å²) < 4.78 is 9.89. The van der Waals surface area contributed by atoms with Crippen LogP contribution in [0.15, 0.2) is 0 Å². The van der Waals surface area contributed by atoms with Crippen LogP contribution in [0, 0.1) is 0 Å². The first-order valence-electron chi connectivity index (χ1n) is 6.40. The van der Waals surface area contributed by atoms with Crippen LogP contribution in [0.2, 0.25) is 0 Å². The van der Waals surface area contributed by atoms with Crippen LogP contribution in [0.3, 0.4) is 0 Å². The summed E-state index contributed by atoms with van der Waals surface area (Å²) in [6.45, 7) is 3.05. The number of ether oxygens (including phenoxy) is 2. The first kappa shape index (κ1) is 15.0. The number of amides is 1. The predicted molar refractivity (Wildman–Crippen MR) is 74.7 cm³/mol. The van der Waals surface area contributed by atoms with Gasteiger partial charge in [-0.1, -0.05) is 0 Å². The van der Waals surface area contributed by atoms with Crippen LogP contribution in [0.1, 0.15) is 0 Å². The number of hydrogen-bond acceptors (Lipinski definition) is 10. The second kappa shape index (κ2) is 7.40. The van der Waals surface area contributed by atoms with Gasteiger partial charge in [0.15, 0.2) is 0 Å². The largest absolute Gasteiger partial charge is 0.448 e. The molecule has 0 bridgehead atoms. The molecule has 1 saturated heterocycles. The van der Waals surface area contributed by atoms with Gasteiger partial charge < -0.3 is 25.4 Å². The van der Waals surface area contributed by atoms with Crippen LogP contribution in [0.4, 0.5) is 22.6 Å². The number of primary amides is 1. The lowest BCUT2D eigenvalue weighted by molar-refractivity contribution is 0.122. The molecule has 1 aromatic rings. The maximum absolute atomic E-state index is 10.5. The summed E-state index contributed by atoms with van der Waals surface area (Å²) in [6, 6.07) is 0. The van der Waals surface area contributed by atoms with E-state index < -0.39 is 6.09 Å². The van der Waals surface area contributed by atoms with Crippen molar-refractivity contribution in [2.24, 2.45) is 11.6 Å². The maximum atomic E-state index is 10.5. The van der Waals surface area contributed by atoms with Gasteiger partial charge in [0.2, 0.25) is 17.8 Å². The number of hydrogen-bond donors (Lipinski definition) is 4. The highest BCUT2D eigenvalue weighted by Crippen LogP contribution is 2.14. The van der Waals surface area contributed by atoms with E-state index in [0.29, 0.717) is 44.7 Å². The highest BCUT2D eigenvalue weighted by atomic mass is 16.5. The Balaban J connectivity index is 2.00. The monoisotopic (exact) mass is 298 g/mol. The fraction of sp³-hybridized carbons (Fsp3) is 0.600. The average molecular weight is 298 g/mol. The molecule has 1 aliphatic rings. The Morgan fingerprint density at radius 3 is 2.67 bits per heavy atom. The normalized spacial score (nSPS) is 14.6. The number of nitrogens with two attached hydrogens (primary N) is 2. The maximum Gasteiger partial charge on any atom is 0.404 e. The van der Waals surface area contributed by atoms with Gasteiger partial charge in [-0.15, -0.1) is 0 Å². The van der Waals surface area contributed by atoms with E-state index in [0.717, 1.165) is 0 Å². The van der Waals surface area contributed by atoms with E-state index in [1.54, 1.807) is 0 Å². The van der Waals surface area contributed by atoms with E-state index >= 15 is 0 Å². The molecular weight excluding hydrogens is 280 g/mol. The average Bonchev–Trinajstić information content (AvgIpc) is 2.52. The standard InChI is InChI=1S/C10H18N8O3/c11-7(19)21-4-1-13-8-14-9(17-12)16-10(15-8)18-2-5-20-6-3-18/h1-6,12H2,(H2,11,19)(H2,13,14,15,16,17). The smallest absolute Gasteiger partial charge is 0.404 e. The van der Waals surface area contributed by atoms with Crippen LogP contribution in [0.25, 0.3) is 0 Å². The van der Waals surface area contributed by atoms with E-state index in [9.17, 15) is 4.79 Å². The van der Waals surface area contributed by atoms with Crippen LogP contribution >= 0.6 is 0 Å². The number of morpholine rings is 1. The summed E-state index contributed by atoms with van der Waals surface area (Å²) in [5.41, 5.74) is 7.25. The molecule has 2 rings (SSSR count). The van der Waals surface area contributed by atoms with Gasteiger partial charge in [-0.25, -0.2) is 10.6 Å². The van der Waals surface area contributed by atoms with E-state index in [4.69, 9.17) is 16.3 Å². The van der Waals surface area contributed by atoms with Crippen molar-refractivity contribution in [3.8, 4) is 0 Å². The number of carbonyl (C=O) groups excluding carboxylic acids is 1. The fourth-order valence-electron chi connectivity index (χ4n) is 1.73. The van der Waals surface area contributed by atoms with Gasteiger partial charge in [-0.05, 0) is 0 Å². The summed E-state index contributed by atoms with van der Waals surface area (Å²) in [4.78, 5) is 25.0. The zero-order chi connectivity index (χ0) is 15.1. The Kier molecular flexibility index (Phi) is 5.29. The molecule has 6 N–H and O–H groups in total. The number of nitrogen functional groups attached to an aromatic ring is 1. The number of rotatable bonds is 6. The molecular formula is C10H18N8O3. The molecule has 1 fully saturated rings. The lowest BCUT2D eigenvalue weighted by Crippen LogP contribution is -2.37. The molecule has 2 heterocycles. The summed E-state index contributed by atoms with van der Waals surface area (Å²) >= 11 is 0. The molecule has 116 valence electrons. The second-order valence-corrected chi connectivity index (χ2v) is 4.12. The lowest BCUT2D eigenvalue weighted by Gasteiger charge is -2.27. The fourth-order valence-corrected chi connectivity index (χ4v) is 1.73. The number of hydrazine groups is 1. The van der Waals surface area contributed by atoms with Crippen molar-refractivity contribution < 1.29 is 14.3 Å². The molecule has 0 unspecified atom stereocenters. The topological polar surface area (TPSA) is 154 Å². The van der Waals surface area contributed by atoms with Gasteiger partial charge in [0, 0.05) is 13.1 Å². The van der Waals surface area contributed by atoms with Gasteiger partial charge in [-0.3, -0.25) is 5.43 Å². The second-order valence-electron chi connectivity index (χ2n) is 4.12. The van der Waals surface area contributed by atoms with Gasteiger partial charge in [0.25, 0.3) is 0 Å². The Labute approximate surface area is 121 Å². The highest BCUT2D eigenvalue weighted by Gasteiger charge is 2.16. The van der Waals surface area contributed by atoms with Crippen LogP contribution in [0.5, 0.6) is 0 Å². The lowest BCUT2D eigenvalue weighted by atomic mass is 10.4. The van der Waals surface area contributed by atoms with E-state index in [-0.39, 0.29) is 12.6 Å². The van der Waals surface area contributed by atoms with Gasteiger partial charge in [0.05, 0.1) is 19.8 Å². The van der Waals surface area contributed by atoms with Crippen molar-refractivity contribution in [3.05, 3.63) is 0 Å². The molecule has 1 amide bonds. The number of anilines is 3. The minimum Gasteiger partial charge on any atom is -0.448 e. The summed E-state index contributed by atoms with van der Waals surface area (Å²) in [5.74, 6) is 6.42. The number of carbonyl (C=O) groups is 1. The number of aromatic nitrogens is 3. The molecule has 0 saturated carbocycles. The zero-order valence-corrected chi connectivity index (χ0v) is 11.4. The van der Waals surface area contributed by atoms with Crippen molar-refractivity contribution in [3.63, 3.8) is 0 Å². The number of nitrogens with one attached hydrogen (secondary N) is 2. The quantitative estimate of drug-likeness (QED) is 0.277. The van der Waals surface area contributed by atoms with Gasteiger partial charge >= 0.3 is 6.09 Å². The van der Waals surface area contributed by atoms with Crippen molar-refractivity contribution in [2.75, 3.05) is 55.1 Å². The molecule has 0 spiro atoms. The van der Waals surface area contributed by atoms with Crippen LogP contribution in [-0.2, 0) is 9.47 Å². The predicted octanol–water partition coefficient (Wildman–Crippen LogP) is -1.50. The van der Waals surface area contributed by atoms with E-state index in [2.05, 4.69) is 30.4 Å². The van der Waals surface area contributed by atoms with E-state index in [1.807, 2.05) is 4.90 Å². The minimum absolute atomic E-state index is 0.110. The van der Waals surface area contributed by atoms with Crippen LogP contribution in [-0.4, -0.2) is 60.5 Å². The van der Waals surface area contributed by atoms with E-state index in [1.165, 1.54) is 0 Å². The molecule has 1 aromatic heterocycles. The summed E-state index contributed by atoms with van der Waals surface area (Å²) in [6.07, 6.45) is -0.828. The third kappa shape index (κ3) is 4.57. The summed E-state index contributed by atoms with van der Waals surface area (Å²) in [7, 11) is 0. The molecule has 21 heavy (non-hydrogen) atoms. The first-order valence-corrected chi connectivity index (χ1v) is 6.40. The molecule has 0 atom stereocenters. The Morgan fingerprint density at radius 2 is 2.00 bits per heavy atom.